The van der Waals surface area contributed by atoms with Crippen LogP contribution in [0.4, 0.5) is 0 Å². The third-order valence-electron chi connectivity index (χ3n) is 3.26. The van der Waals surface area contributed by atoms with Gasteiger partial charge in [0.25, 0.3) is 0 Å². The Morgan fingerprint density at radius 1 is 1.19 bits per heavy atom. The van der Waals surface area contributed by atoms with Crippen LogP contribution in [0.25, 0.3) is 0 Å². The summed E-state index contributed by atoms with van der Waals surface area (Å²) in [6.45, 7) is 0.317. The van der Waals surface area contributed by atoms with Crippen LogP contribution in [-0.4, -0.2) is 12.1 Å². The summed E-state index contributed by atoms with van der Waals surface area (Å²) < 4.78 is 10.8. The molecule has 100 valence electrons. The summed E-state index contributed by atoms with van der Waals surface area (Å²) in [6.07, 6.45) is 0. The van der Waals surface area contributed by atoms with E-state index in [1.807, 2.05) is 12.1 Å². The van der Waals surface area contributed by atoms with Crippen molar-refractivity contribution in [2.24, 2.45) is 0 Å². The Balaban J connectivity index is 1.96. The third-order valence-corrected chi connectivity index (χ3v) is 3.26. The van der Waals surface area contributed by atoms with E-state index in [1.54, 1.807) is 36.4 Å². The maximum Gasteiger partial charge on any atom is 0.491 e. The molecule has 0 spiro atoms. The average molecular weight is 276 g/mol. The molecule has 0 fully saturated rings. The maximum atomic E-state index is 9.57. The summed E-state index contributed by atoms with van der Waals surface area (Å²) in [5, 5.41) is 27.7. The van der Waals surface area contributed by atoms with E-state index in [2.05, 4.69) is 0 Å². The average Bonchev–Trinajstić information content (AvgIpc) is 2.88. The molecule has 1 heterocycles. The molecule has 0 radical (unpaired) electrons. The molecule has 0 atom stereocenters. The molecule has 2 aromatic carbocycles. The van der Waals surface area contributed by atoms with Crippen molar-refractivity contribution in [2.45, 2.75) is 6.61 Å². The summed E-state index contributed by atoms with van der Waals surface area (Å²) >= 11 is 0. The molecule has 21 heavy (non-hydrogen) atoms. The Kier molecular flexibility index (Phi) is 3.33. The van der Waals surface area contributed by atoms with Gasteiger partial charge in [-0.2, -0.15) is 10.5 Å². The Hall–Kier alpha value is -2.80. The largest absolute Gasteiger partial charge is 0.491 e. The van der Waals surface area contributed by atoms with Crippen molar-refractivity contribution in [2.75, 3.05) is 0 Å². The van der Waals surface area contributed by atoms with E-state index in [9.17, 15) is 5.02 Å². The lowest BCUT2D eigenvalue weighted by atomic mass is 9.80. The fraction of sp³-hybridized carbons (Fsp3) is 0.0667. The number of fused-ring (bicyclic) bond motifs is 1. The van der Waals surface area contributed by atoms with Crippen LogP contribution in [0, 0.1) is 22.7 Å². The molecule has 0 saturated carbocycles. The van der Waals surface area contributed by atoms with Crippen LogP contribution in [-0.2, 0) is 11.3 Å². The highest BCUT2D eigenvalue weighted by atomic mass is 16.5. The Labute approximate surface area is 121 Å². The lowest BCUT2D eigenvalue weighted by Crippen LogP contribution is -2.27. The van der Waals surface area contributed by atoms with Crippen LogP contribution in [0.5, 0.6) is 11.5 Å². The van der Waals surface area contributed by atoms with Gasteiger partial charge in [0.05, 0.1) is 12.2 Å². The molecule has 1 N–H and O–H groups in total. The van der Waals surface area contributed by atoms with Crippen molar-refractivity contribution in [3.8, 4) is 23.6 Å². The minimum atomic E-state index is -0.898. The highest BCUT2D eigenvalue weighted by molar-refractivity contribution is 6.61. The molecule has 0 bridgehead atoms. The van der Waals surface area contributed by atoms with Gasteiger partial charge in [-0.05, 0) is 35.3 Å². The fourth-order valence-electron chi connectivity index (χ4n) is 2.22. The first-order chi connectivity index (χ1) is 10.2. The summed E-state index contributed by atoms with van der Waals surface area (Å²) in [5.41, 5.74) is 2.04. The van der Waals surface area contributed by atoms with Gasteiger partial charge in [0, 0.05) is 0 Å². The second-order valence-electron chi connectivity index (χ2n) is 4.53. The van der Waals surface area contributed by atoms with Crippen molar-refractivity contribution >= 4 is 12.6 Å². The van der Waals surface area contributed by atoms with Crippen molar-refractivity contribution in [3.05, 3.63) is 53.1 Å². The van der Waals surface area contributed by atoms with E-state index >= 15 is 0 Å². The zero-order valence-electron chi connectivity index (χ0n) is 10.9. The van der Waals surface area contributed by atoms with Crippen molar-refractivity contribution in [3.63, 3.8) is 0 Å². The summed E-state index contributed by atoms with van der Waals surface area (Å²) in [6, 6.07) is 14.0. The highest BCUT2D eigenvalue weighted by Gasteiger charge is 2.27. The third kappa shape index (κ3) is 2.34. The number of nitrogens with zero attached hydrogens (tertiary/aromatic N) is 2. The van der Waals surface area contributed by atoms with E-state index in [4.69, 9.17) is 19.9 Å². The number of ether oxygens (including phenoxy) is 1. The minimum Gasteiger partial charge on any atom is -0.456 e. The van der Waals surface area contributed by atoms with Crippen LogP contribution in [0.3, 0.4) is 0 Å². The van der Waals surface area contributed by atoms with Gasteiger partial charge in [-0.15, -0.1) is 0 Å². The predicted octanol–water partition coefficient (Wildman–Crippen LogP) is 1.44. The molecule has 5 nitrogen and oxygen atoms in total. The van der Waals surface area contributed by atoms with E-state index in [1.165, 1.54) is 0 Å². The summed E-state index contributed by atoms with van der Waals surface area (Å²) in [7, 11) is -0.898. The molecule has 2 aromatic rings. The molecule has 0 aliphatic carbocycles. The first-order valence-corrected chi connectivity index (χ1v) is 6.26. The zero-order valence-corrected chi connectivity index (χ0v) is 10.9. The number of benzene rings is 2. The first-order valence-electron chi connectivity index (χ1n) is 6.26. The van der Waals surface area contributed by atoms with Crippen LogP contribution in [0.15, 0.2) is 36.4 Å². The predicted molar refractivity (Wildman–Crippen MR) is 74.8 cm³/mol. The number of hydrogen-bond acceptors (Lipinski definition) is 5. The molecule has 1 aliphatic heterocycles. The zero-order chi connectivity index (χ0) is 14.8. The van der Waals surface area contributed by atoms with Gasteiger partial charge >= 0.3 is 7.12 Å². The number of rotatable bonds is 2. The standard InChI is InChI=1S/C15H9BN2O3/c17-7-10-2-1-3-15(13(10)8-18)21-12-4-5-14-11(6-12)9-20-16(14)19/h1-6,19H,9H2. The summed E-state index contributed by atoms with van der Waals surface area (Å²) in [5.74, 6) is 0.856. The lowest BCUT2D eigenvalue weighted by Gasteiger charge is -2.09. The van der Waals surface area contributed by atoms with Crippen LogP contribution in [0.2, 0.25) is 0 Å². The maximum absolute atomic E-state index is 9.57. The van der Waals surface area contributed by atoms with Crippen LogP contribution in [0.1, 0.15) is 16.7 Å². The van der Waals surface area contributed by atoms with Gasteiger partial charge < -0.3 is 14.4 Å². The molecular weight excluding hydrogens is 267 g/mol. The molecule has 1 aliphatic rings. The van der Waals surface area contributed by atoms with Gasteiger partial charge in [-0.1, -0.05) is 12.1 Å². The molecular formula is C15H9BN2O3. The van der Waals surface area contributed by atoms with Crippen LogP contribution >= 0.6 is 0 Å². The van der Waals surface area contributed by atoms with E-state index in [-0.39, 0.29) is 11.1 Å². The fourth-order valence-corrected chi connectivity index (χ4v) is 2.22. The molecule has 0 aromatic heterocycles. The van der Waals surface area contributed by atoms with E-state index in [0.29, 0.717) is 23.6 Å². The van der Waals surface area contributed by atoms with Crippen molar-refractivity contribution in [1.29, 1.82) is 10.5 Å². The topological polar surface area (TPSA) is 86.3 Å². The molecule has 0 amide bonds. The Bertz CT molecular complexity index is 792. The molecule has 0 unspecified atom stereocenters. The van der Waals surface area contributed by atoms with Gasteiger partial charge in [0.1, 0.15) is 29.2 Å². The second kappa shape index (κ2) is 5.30. The monoisotopic (exact) mass is 276 g/mol. The second-order valence-corrected chi connectivity index (χ2v) is 4.53. The van der Waals surface area contributed by atoms with E-state index in [0.717, 1.165) is 5.56 Å². The quantitative estimate of drug-likeness (QED) is 0.838. The lowest BCUT2D eigenvalue weighted by molar-refractivity contribution is 0.275. The number of nitriles is 2. The first kappa shape index (κ1) is 13.2. The van der Waals surface area contributed by atoms with Gasteiger partial charge in [0.15, 0.2) is 0 Å². The van der Waals surface area contributed by atoms with Gasteiger partial charge in [0.2, 0.25) is 0 Å². The molecule has 3 rings (SSSR count). The Morgan fingerprint density at radius 2 is 2.05 bits per heavy atom. The molecule has 0 saturated heterocycles. The highest BCUT2D eigenvalue weighted by Crippen LogP contribution is 2.28. The summed E-state index contributed by atoms with van der Waals surface area (Å²) in [4.78, 5) is 0. The van der Waals surface area contributed by atoms with Crippen molar-refractivity contribution in [1.82, 2.24) is 0 Å². The number of hydrogen-bond donors (Lipinski definition) is 1. The van der Waals surface area contributed by atoms with E-state index < -0.39 is 7.12 Å². The van der Waals surface area contributed by atoms with Crippen LogP contribution < -0.4 is 10.2 Å². The SMILES string of the molecule is N#Cc1cccc(Oc2ccc3c(c2)COB3O)c1C#N. The normalized spacial score (nSPS) is 12.4. The van der Waals surface area contributed by atoms with Gasteiger partial charge in [-0.25, -0.2) is 0 Å². The van der Waals surface area contributed by atoms with Crippen molar-refractivity contribution < 1.29 is 14.4 Å². The smallest absolute Gasteiger partial charge is 0.456 e. The van der Waals surface area contributed by atoms with Gasteiger partial charge in [-0.3, -0.25) is 0 Å². The minimum absolute atomic E-state index is 0.205. The molecule has 6 heteroatoms. The Morgan fingerprint density at radius 3 is 2.81 bits per heavy atom.